The molecule has 2 aromatic carbocycles. The van der Waals surface area contributed by atoms with Crippen LogP contribution in [0.5, 0.6) is 5.75 Å². The molecule has 2 rings (SSSR count). The number of benzene rings is 2. The molecule has 0 fully saturated rings. The number of aliphatic hydroxyl groups excluding tert-OH is 3. The third-order valence-corrected chi connectivity index (χ3v) is 4.73. The first-order chi connectivity index (χ1) is 12.4. The van der Waals surface area contributed by atoms with Crippen molar-refractivity contribution in [1.29, 1.82) is 0 Å². The minimum Gasteiger partial charge on any atom is -0.494 e. The highest BCUT2D eigenvalue weighted by molar-refractivity contribution is 6.31. The zero-order valence-corrected chi connectivity index (χ0v) is 16.0. The maximum Gasteiger partial charge on any atom is 0.119 e. The van der Waals surface area contributed by atoms with E-state index in [1.165, 1.54) is 6.92 Å². The van der Waals surface area contributed by atoms with E-state index in [1.807, 2.05) is 49.4 Å². The van der Waals surface area contributed by atoms with Gasteiger partial charge in [0.2, 0.25) is 0 Å². The van der Waals surface area contributed by atoms with Gasteiger partial charge in [-0.3, -0.25) is 0 Å². The van der Waals surface area contributed by atoms with E-state index in [0.717, 1.165) is 22.4 Å². The molecule has 0 unspecified atom stereocenters. The minimum absolute atomic E-state index is 0.371. The molecule has 0 aliphatic heterocycles. The molecule has 2 aromatic rings. The molecule has 0 saturated carbocycles. The molecule has 0 aliphatic rings. The molecule has 0 aliphatic carbocycles. The van der Waals surface area contributed by atoms with Crippen LogP contribution in [0.3, 0.4) is 0 Å². The Morgan fingerprint density at radius 2 is 1.65 bits per heavy atom. The molecule has 0 spiro atoms. The van der Waals surface area contributed by atoms with Crippen LogP contribution in [-0.2, 0) is 12.8 Å². The summed E-state index contributed by atoms with van der Waals surface area (Å²) in [6.07, 6.45) is -1.37. The second-order valence-electron chi connectivity index (χ2n) is 6.52. The van der Waals surface area contributed by atoms with Crippen molar-refractivity contribution < 1.29 is 20.1 Å². The fourth-order valence-corrected chi connectivity index (χ4v) is 3.00. The third-order valence-electron chi connectivity index (χ3n) is 4.36. The van der Waals surface area contributed by atoms with Crippen molar-refractivity contribution in [3.63, 3.8) is 0 Å². The molecule has 0 aromatic heterocycles. The lowest BCUT2D eigenvalue weighted by Gasteiger charge is -2.20. The Morgan fingerprint density at radius 3 is 2.27 bits per heavy atom. The summed E-state index contributed by atoms with van der Waals surface area (Å²) in [5, 5.41) is 29.7. The molecular weight excluding hydrogens is 352 g/mol. The van der Waals surface area contributed by atoms with Crippen LogP contribution in [0.15, 0.2) is 42.5 Å². The Bertz CT molecular complexity index is 685. The van der Waals surface area contributed by atoms with Crippen molar-refractivity contribution in [2.45, 2.75) is 51.4 Å². The lowest BCUT2D eigenvalue weighted by molar-refractivity contribution is -0.0540. The number of aryl methyl sites for hydroxylation is 1. The van der Waals surface area contributed by atoms with E-state index < -0.39 is 18.3 Å². The van der Waals surface area contributed by atoms with Crippen molar-refractivity contribution in [2.24, 2.45) is 0 Å². The molecule has 0 amide bonds. The number of halogens is 1. The van der Waals surface area contributed by atoms with Crippen LogP contribution in [0.1, 0.15) is 37.0 Å². The zero-order valence-electron chi connectivity index (χ0n) is 15.2. The summed E-state index contributed by atoms with van der Waals surface area (Å²) in [5.74, 6) is 0.849. The van der Waals surface area contributed by atoms with Gasteiger partial charge in [0.15, 0.2) is 0 Å². The second-order valence-corrected chi connectivity index (χ2v) is 6.92. The summed E-state index contributed by atoms with van der Waals surface area (Å²) in [4.78, 5) is 0. The van der Waals surface area contributed by atoms with Gasteiger partial charge in [-0.1, -0.05) is 35.9 Å². The molecule has 0 saturated heterocycles. The summed E-state index contributed by atoms with van der Waals surface area (Å²) in [5.41, 5.74) is 3.18. The maximum absolute atomic E-state index is 9.93. The van der Waals surface area contributed by atoms with Crippen LogP contribution in [0.2, 0.25) is 5.02 Å². The standard InChI is InChI=1S/C21H27ClO4/c1-3-26-18-8-4-15(5-9-18)12-17-13-16(6-10-19(17)22)7-11-20(24)21(25)14(2)23/h4-6,8-10,13-14,20-21,23-25H,3,7,11-12H2,1-2H3/t14-,20-,21-/m1/s1. The van der Waals surface area contributed by atoms with Crippen LogP contribution in [0, 0.1) is 0 Å². The topological polar surface area (TPSA) is 69.9 Å². The molecule has 26 heavy (non-hydrogen) atoms. The summed E-state index contributed by atoms with van der Waals surface area (Å²) in [6.45, 7) is 4.06. The van der Waals surface area contributed by atoms with Gasteiger partial charge in [0.05, 0.1) is 18.8 Å². The summed E-state index contributed by atoms with van der Waals surface area (Å²) < 4.78 is 5.46. The number of aliphatic hydroxyl groups is 3. The Labute approximate surface area is 160 Å². The molecule has 3 N–H and O–H groups in total. The first kappa shape index (κ1) is 20.7. The predicted molar refractivity (Wildman–Crippen MR) is 104 cm³/mol. The van der Waals surface area contributed by atoms with Gasteiger partial charge in [0.1, 0.15) is 11.9 Å². The highest BCUT2D eigenvalue weighted by atomic mass is 35.5. The molecule has 0 bridgehead atoms. The smallest absolute Gasteiger partial charge is 0.119 e. The highest BCUT2D eigenvalue weighted by Crippen LogP contribution is 2.23. The lowest BCUT2D eigenvalue weighted by atomic mass is 9.98. The average molecular weight is 379 g/mol. The van der Waals surface area contributed by atoms with Gasteiger partial charge >= 0.3 is 0 Å². The zero-order chi connectivity index (χ0) is 19.1. The van der Waals surface area contributed by atoms with E-state index in [9.17, 15) is 15.3 Å². The van der Waals surface area contributed by atoms with Crippen LogP contribution in [-0.4, -0.2) is 40.2 Å². The lowest BCUT2D eigenvalue weighted by Crippen LogP contribution is -2.35. The molecule has 142 valence electrons. The number of ether oxygens (including phenoxy) is 1. The largest absolute Gasteiger partial charge is 0.494 e. The number of hydrogen-bond acceptors (Lipinski definition) is 4. The number of hydrogen-bond donors (Lipinski definition) is 3. The summed E-state index contributed by atoms with van der Waals surface area (Å²) in [7, 11) is 0. The monoisotopic (exact) mass is 378 g/mol. The van der Waals surface area contributed by atoms with Gasteiger partial charge in [-0.2, -0.15) is 0 Å². The fraction of sp³-hybridized carbons (Fsp3) is 0.429. The van der Waals surface area contributed by atoms with Gasteiger partial charge in [0.25, 0.3) is 0 Å². The summed E-state index contributed by atoms with van der Waals surface area (Å²) in [6, 6.07) is 13.8. The molecule has 0 radical (unpaired) electrons. The van der Waals surface area contributed by atoms with Crippen molar-refractivity contribution in [3.8, 4) is 5.75 Å². The van der Waals surface area contributed by atoms with E-state index in [-0.39, 0.29) is 0 Å². The first-order valence-corrected chi connectivity index (χ1v) is 9.31. The quantitative estimate of drug-likeness (QED) is 0.625. The van der Waals surface area contributed by atoms with Crippen molar-refractivity contribution in [1.82, 2.24) is 0 Å². The number of rotatable bonds is 9. The van der Waals surface area contributed by atoms with Gasteiger partial charge in [0, 0.05) is 5.02 Å². The molecule has 3 atom stereocenters. The maximum atomic E-state index is 9.93. The van der Waals surface area contributed by atoms with E-state index in [0.29, 0.717) is 30.9 Å². The van der Waals surface area contributed by atoms with Crippen molar-refractivity contribution in [2.75, 3.05) is 6.61 Å². The van der Waals surface area contributed by atoms with Crippen LogP contribution in [0.4, 0.5) is 0 Å². The Hall–Kier alpha value is -1.59. The Balaban J connectivity index is 2.02. The van der Waals surface area contributed by atoms with Crippen LogP contribution in [0.25, 0.3) is 0 Å². The van der Waals surface area contributed by atoms with Gasteiger partial charge < -0.3 is 20.1 Å². The van der Waals surface area contributed by atoms with Gasteiger partial charge in [-0.15, -0.1) is 0 Å². The van der Waals surface area contributed by atoms with Crippen molar-refractivity contribution in [3.05, 3.63) is 64.2 Å². The van der Waals surface area contributed by atoms with Gasteiger partial charge in [-0.25, -0.2) is 0 Å². The average Bonchev–Trinajstić information content (AvgIpc) is 2.63. The van der Waals surface area contributed by atoms with E-state index in [1.54, 1.807) is 0 Å². The normalized spacial score (nSPS) is 14.7. The van der Waals surface area contributed by atoms with Gasteiger partial charge in [-0.05, 0) is 68.0 Å². The van der Waals surface area contributed by atoms with Crippen LogP contribution >= 0.6 is 11.6 Å². The SMILES string of the molecule is CCOc1ccc(Cc2cc(CC[C@@H](O)[C@H](O)[C@@H](C)O)ccc2Cl)cc1. The van der Waals surface area contributed by atoms with Crippen LogP contribution < -0.4 is 4.74 Å². The highest BCUT2D eigenvalue weighted by Gasteiger charge is 2.20. The van der Waals surface area contributed by atoms with E-state index in [2.05, 4.69) is 0 Å². The summed E-state index contributed by atoms with van der Waals surface area (Å²) >= 11 is 6.33. The Morgan fingerprint density at radius 1 is 1.00 bits per heavy atom. The predicted octanol–water partition coefficient (Wildman–Crippen LogP) is 3.36. The fourth-order valence-electron chi connectivity index (χ4n) is 2.82. The van der Waals surface area contributed by atoms with E-state index >= 15 is 0 Å². The third kappa shape index (κ3) is 5.99. The molecular formula is C21H27ClO4. The minimum atomic E-state index is -1.13. The second kappa shape index (κ2) is 9.93. The molecule has 0 heterocycles. The van der Waals surface area contributed by atoms with E-state index in [4.69, 9.17) is 16.3 Å². The Kier molecular flexibility index (Phi) is 7.91. The molecule has 5 heteroatoms. The molecule has 4 nitrogen and oxygen atoms in total. The van der Waals surface area contributed by atoms with Crippen molar-refractivity contribution >= 4 is 11.6 Å². The first-order valence-electron chi connectivity index (χ1n) is 8.94.